The molecule has 0 saturated carbocycles. The molecule has 5 rings (SSSR count). The lowest BCUT2D eigenvalue weighted by atomic mass is 9.86. The smallest absolute Gasteiger partial charge is 0.255 e. The number of carbonyl (C=O) groups is 1. The zero-order chi connectivity index (χ0) is 23.5. The lowest BCUT2D eigenvalue weighted by Gasteiger charge is -2.34. The first-order valence-electron chi connectivity index (χ1n) is 12.1. The molecule has 3 nitrogen and oxygen atoms in total. The van der Waals surface area contributed by atoms with Crippen molar-refractivity contribution in [3.05, 3.63) is 106 Å². The summed E-state index contributed by atoms with van der Waals surface area (Å²) in [6.45, 7) is 4.65. The van der Waals surface area contributed by atoms with Crippen LogP contribution in [-0.4, -0.2) is 48.4 Å². The Labute approximate surface area is 212 Å². The first-order chi connectivity index (χ1) is 16.6. The summed E-state index contributed by atoms with van der Waals surface area (Å²) < 4.78 is 0. The van der Waals surface area contributed by atoms with Gasteiger partial charge in [-0.05, 0) is 67.1 Å². The van der Waals surface area contributed by atoms with Crippen LogP contribution in [0.1, 0.15) is 46.2 Å². The van der Waals surface area contributed by atoms with Crippen LogP contribution in [0.5, 0.6) is 0 Å². The number of nitrogens with zero attached hydrogens (tertiary/aromatic N) is 2. The lowest BCUT2D eigenvalue weighted by molar-refractivity contribution is 0.0781. The van der Waals surface area contributed by atoms with E-state index in [0.29, 0.717) is 39.9 Å². The number of halogens is 2. The third-order valence-corrected chi connectivity index (χ3v) is 8.03. The Bertz CT molecular complexity index is 1110. The van der Waals surface area contributed by atoms with E-state index in [1.807, 2.05) is 4.90 Å². The van der Waals surface area contributed by atoms with Gasteiger partial charge in [0, 0.05) is 30.6 Å². The summed E-state index contributed by atoms with van der Waals surface area (Å²) in [7, 11) is 0. The quantitative estimate of drug-likeness (QED) is 0.394. The molecular weight excluding hydrogens is 463 g/mol. The highest BCUT2D eigenvalue weighted by atomic mass is 35.5. The van der Waals surface area contributed by atoms with Crippen LogP contribution >= 0.6 is 23.2 Å². The van der Waals surface area contributed by atoms with Crippen LogP contribution in [0.3, 0.4) is 0 Å². The van der Waals surface area contributed by atoms with Gasteiger partial charge in [-0.15, -0.1) is 0 Å². The van der Waals surface area contributed by atoms with Crippen molar-refractivity contribution in [3.8, 4) is 0 Å². The molecule has 34 heavy (non-hydrogen) atoms. The normalized spacial score (nSPS) is 21.6. The topological polar surface area (TPSA) is 23.6 Å². The highest BCUT2D eigenvalue weighted by Crippen LogP contribution is 2.36. The Hall–Kier alpha value is -2.33. The summed E-state index contributed by atoms with van der Waals surface area (Å²) in [5, 5.41) is 0.987. The van der Waals surface area contributed by atoms with E-state index in [-0.39, 0.29) is 5.91 Å². The molecule has 2 saturated heterocycles. The van der Waals surface area contributed by atoms with Crippen LogP contribution in [0.2, 0.25) is 10.0 Å². The van der Waals surface area contributed by atoms with Crippen LogP contribution in [0.15, 0.2) is 78.9 Å². The number of carbonyl (C=O) groups excluding carboxylic acids is 1. The van der Waals surface area contributed by atoms with Crippen molar-refractivity contribution >= 4 is 29.1 Å². The van der Waals surface area contributed by atoms with Gasteiger partial charge in [-0.1, -0.05) is 83.9 Å². The Morgan fingerprint density at radius 3 is 2.15 bits per heavy atom. The molecule has 0 aromatic heterocycles. The van der Waals surface area contributed by atoms with Crippen LogP contribution in [0.4, 0.5) is 0 Å². The molecule has 1 amide bonds. The van der Waals surface area contributed by atoms with Gasteiger partial charge in [-0.25, -0.2) is 0 Å². The number of benzene rings is 3. The standard InChI is InChI=1S/C29H30Cl2N2O/c30-25-11-12-28(31)26(17-25)29(34)33-19-24(27(20-33)23-9-5-2-6-10-23)18-32-15-13-22(14-16-32)21-7-3-1-4-8-21/h1-12,17,22,24,27H,13-16,18-20H2/t24?,27-/m1/s1. The van der Waals surface area contributed by atoms with Gasteiger partial charge in [0.05, 0.1) is 10.6 Å². The van der Waals surface area contributed by atoms with Gasteiger partial charge >= 0.3 is 0 Å². The molecule has 3 aromatic rings. The van der Waals surface area contributed by atoms with Gasteiger partial charge in [0.2, 0.25) is 0 Å². The van der Waals surface area contributed by atoms with Gasteiger partial charge in [-0.2, -0.15) is 0 Å². The van der Waals surface area contributed by atoms with Crippen molar-refractivity contribution in [3.63, 3.8) is 0 Å². The van der Waals surface area contributed by atoms with Gasteiger partial charge < -0.3 is 9.80 Å². The predicted octanol–water partition coefficient (Wildman–Crippen LogP) is 6.73. The zero-order valence-corrected chi connectivity index (χ0v) is 20.8. The molecule has 3 aromatic carbocycles. The molecule has 2 heterocycles. The number of hydrogen-bond acceptors (Lipinski definition) is 2. The second kappa shape index (κ2) is 10.5. The minimum Gasteiger partial charge on any atom is -0.338 e. The molecule has 2 atom stereocenters. The highest BCUT2D eigenvalue weighted by molar-refractivity contribution is 6.35. The van der Waals surface area contributed by atoms with E-state index in [2.05, 4.69) is 65.6 Å². The molecule has 2 aliphatic rings. The molecule has 176 valence electrons. The van der Waals surface area contributed by atoms with E-state index in [0.717, 1.165) is 26.2 Å². The van der Waals surface area contributed by atoms with Gasteiger partial charge in [0.15, 0.2) is 0 Å². The number of likely N-dealkylation sites (tertiary alicyclic amines) is 2. The fourth-order valence-corrected chi connectivity index (χ4v) is 6.01. The minimum absolute atomic E-state index is 0.0290. The third kappa shape index (κ3) is 5.17. The van der Waals surface area contributed by atoms with Gasteiger partial charge in [-0.3, -0.25) is 4.79 Å². The maximum absolute atomic E-state index is 13.4. The predicted molar refractivity (Wildman–Crippen MR) is 140 cm³/mol. The van der Waals surface area contributed by atoms with E-state index in [1.165, 1.54) is 24.0 Å². The van der Waals surface area contributed by atoms with E-state index < -0.39 is 0 Å². The zero-order valence-electron chi connectivity index (χ0n) is 19.2. The number of hydrogen-bond donors (Lipinski definition) is 0. The molecule has 2 aliphatic heterocycles. The van der Waals surface area contributed by atoms with E-state index >= 15 is 0 Å². The number of rotatable bonds is 5. The number of piperidine rings is 1. The van der Waals surface area contributed by atoms with Crippen molar-refractivity contribution in [2.24, 2.45) is 5.92 Å². The summed E-state index contributed by atoms with van der Waals surface area (Å²) in [5.41, 5.74) is 3.25. The SMILES string of the molecule is O=C(c1cc(Cl)ccc1Cl)N1CC(CN2CCC(c3ccccc3)CC2)[C@@H](c2ccccc2)C1. The van der Waals surface area contributed by atoms with Crippen molar-refractivity contribution in [2.75, 3.05) is 32.7 Å². The fourth-order valence-electron chi connectivity index (χ4n) is 5.64. The van der Waals surface area contributed by atoms with Gasteiger partial charge in [0.25, 0.3) is 5.91 Å². The summed E-state index contributed by atoms with van der Waals surface area (Å²) in [4.78, 5) is 18.0. The molecule has 2 fully saturated rings. The second-order valence-electron chi connectivity index (χ2n) is 9.60. The van der Waals surface area contributed by atoms with Crippen molar-refractivity contribution in [2.45, 2.75) is 24.7 Å². The van der Waals surface area contributed by atoms with Crippen LogP contribution in [0, 0.1) is 5.92 Å². The summed E-state index contributed by atoms with van der Waals surface area (Å²) in [6, 6.07) is 26.6. The molecule has 0 aliphatic carbocycles. The minimum atomic E-state index is -0.0290. The largest absolute Gasteiger partial charge is 0.338 e. The summed E-state index contributed by atoms with van der Waals surface area (Å²) >= 11 is 12.5. The molecule has 0 bridgehead atoms. The first-order valence-corrected chi connectivity index (χ1v) is 12.9. The Morgan fingerprint density at radius 1 is 0.824 bits per heavy atom. The Balaban J connectivity index is 1.30. The van der Waals surface area contributed by atoms with E-state index in [9.17, 15) is 4.79 Å². The maximum atomic E-state index is 13.4. The van der Waals surface area contributed by atoms with E-state index in [1.54, 1.807) is 18.2 Å². The maximum Gasteiger partial charge on any atom is 0.255 e. The van der Waals surface area contributed by atoms with Crippen molar-refractivity contribution in [1.82, 2.24) is 9.80 Å². The van der Waals surface area contributed by atoms with Crippen LogP contribution in [-0.2, 0) is 0 Å². The average molecular weight is 493 g/mol. The average Bonchev–Trinajstić information content (AvgIpc) is 3.30. The third-order valence-electron chi connectivity index (χ3n) is 7.47. The highest BCUT2D eigenvalue weighted by Gasteiger charge is 2.38. The second-order valence-corrected chi connectivity index (χ2v) is 10.4. The fraction of sp³-hybridized carbons (Fsp3) is 0.345. The Morgan fingerprint density at radius 2 is 1.47 bits per heavy atom. The number of amides is 1. The summed E-state index contributed by atoms with van der Waals surface area (Å²) in [5.74, 6) is 1.32. The molecule has 5 heteroatoms. The van der Waals surface area contributed by atoms with Crippen molar-refractivity contribution in [1.29, 1.82) is 0 Å². The molecule has 1 unspecified atom stereocenters. The molecular formula is C29H30Cl2N2O. The Kier molecular flexibility index (Phi) is 7.24. The van der Waals surface area contributed by atoms with E-state index in [4.69, 9.17) is 23.2 Å². The first kappa shape index (κ1) is 23.4. The van der Waals surface area contributed by atoms with Gasteiger partial charge in [0.1, 0.15) is 0 Å². The monoisotopic (exact) mass is 492 g/mol. The summed E-state index contributed by atoms with van der Waals surface area (Å²) in [6.07, 6.45) is 2.38. The van der Waals surface area contributed by atoms with Crippen LogP contribution < -0.4 is 0 Å². The molecule has 0 radical (unpaired) electrons. The van der Waals surface area contributed by atoms with Crippen LogP contribution in [0.25, 0.3) is 0 Å². The lowest BCUT2D eigenvalue weighted by Crippen LogP contribution is -2.38. The molecule has 0 N–H and O–H groups in total. The van der Waals surface area contributed by atoms with Crippen molar-refractivity contribution < 1.29 is 4.79 Å². The molecule has 0 spiro atoms.